The molecule has 0 bridgehead atoms. The second-order valence-electron chi connectivity index (χ2n) is 6.18. The van der Waals surface area contributed by atoms with E-state index in [0.29, 0.717) is 22.7 Å². The molecule has 0 radical (unpaired) electrons. The molecule has 150 valence electrons. The highest BCUT2D eigenvalue weighted by molar-refractivity contribution is 8.00. The smallest absolute Gasteiger partial charge is 0.253 e. The predicted molar refractivity (Wildman–Crippen MR) is 113 cm³/mol. The number of hydrogen-bond donors (Lipinski definition) is 2. The van der Waals surface area contributed by atoms with Gasteiger partial charge in [0.1, 0.15) is 0 Å². The van der Waals surface area contributed by atoms with Gasteiger partial charge in [0.05, 0.1) is 31.2 Å². The molecular formula is C21H26N2O4S. The Hall–Kier alpha value is -2.67. The first-order valence-corrected chi connectivity index (χ1v) is 10.0. The molecule has 0 fully saturated rings. The van der Waals surface area contributed by atoms with Gasteiger partial charge in [-0.15, -0.1) is 11.8 Å². The van der Waals surface area contributed by atoms with E-state index in [-0.39, 0.29) is 23.6 Å². The second-order valence-corrected chi connectivity index (χ2v) is 7.23. The maximum atomic E-state index is 12.4. The third-order valence-electron chi connectivity index (χ3n) is 4.16. The van der Waals surface area contributed by atoms with Crippen molar-refractivity contribution in [2.45, 2.75) is 31.2 Å². The fourth-order valence-electron chi connectivity index (χ4n) is 2.44. The molecule has 6 nitrogen and oxygen atoms in total. The number of hydrogen-bond acceptors (Lipinski definition) is 5. The summed E-state index contributed by atoms with van der Waals surface area (Å²) < 4.78 is 10.5. The Labute approximate surface area is 170 Å². The Morgan fingerprint density at radius 2 is 1.79 bits per heavy atom. The molecule has 2 amide bonds. The number of nitrogens with one attached hydrogen (secondary N) is 2. The number of benzene rings is 2. The van der Waals surface area contributed by atoms with E-state index in [2.05, 4.69) is 10.6 Å². The van der Waals surface area contributed by atoms with Crippen molar-refractivity contribution in [1.29, 1.82) is 0 Å². The Balaban J connectivity index is 2.01. The average molecular weight is 403 g/mol. The van der Waals surface area contributed by atoms with E-state index in [1.165, 1.54) is 11.8 Å². The van der Waals surface area contributed by atoms with Crippen LogP contribution in [-0.4, -0.2) is 37.8 Å². The van der Waals surface area contributed by atoms with Gasteiger partial charge in [0.15, 0.2) is 11.5 Å². The van der Waals surface area contributed by atoms with Crippen LogP contribution in [0.25, 0.3) is 0 Å². The van der Waals surface area contributed by atoms with E-state index in [1.807, 2.05) is 26.0 Å². The zero-order valence-electron chi connectivity index (χ0n) is 16.6. The summed E-state index contributed by atoms with van der Waals surface area (Å²) in [6, 6.07) is 12.6. The van der Waals surface area contributed by atoms with Gasteiger partial charge in [0.25, 0.3) is 5.91 Å². The molecule has 0 aliphatic carbocycles. The van der Waals surface area contributed by atoms with Crippen LogP contribution in [0, 0.1) is 0 Å². The summed E-state index contributed by atoms with van der Waals surface area (Å²) >= 11 is 1.38. The molecule has 0 saturated carbocycles. The topological polar surface area (TPSA) is 76.7 Å². The molecule has 0 aliphatic heterocycles. The van der Waals surface area contributed by atoms with E-state index < -0.39 is 0 Å². The molecule has 0 spiro atoms. The van der Waals surface area contributed by atoms with Gasteiger partial charge in [-0.05, 0) is 43.7 Å². The van der Waals surface area contributed by atoms with Crippen LogP contribution >= 0.6 is 11.8 Å². The number of amides is 2. The minimum absolute atomic E-state index is 0.0665. The molecule has 0 aromatic heterocycles. The summed E-state index contributed by atoms with van der Waals surface area (Å²) in [6.07, 6.45) is 0.836. The van der Waals surface area contributed by atoms with Crippen LogP contribution in [0.1, 0.15) is 30.6 Å². The van der Waals surface area contributed by atoms with Crippen LogP contribution in [0.3, 0.4) is 0 Å². The largest absolute Gasteiger partial charge is 0.493 e. The van der Waals surface area contributed by atoms with Gasteiger partial charge < -0.3 is 20.1 Å². The number of anilines is 1. The van der Waals surface area contributed by atoms with Crippen molar-refractivity contribution in [3.63, 3.8) is 0 Å². The number of carbonyl (C=O) groups is 2. The lowest BCUT2D eigenvalue weighted by Gasteiger charge is -2.14. The highest BCUT2D eigenvalue weighted by atomic mass is 32.2. The summed E-state index contributed by atoms with van der Waals surface area (Å²) in [6.45, 7) is 3.95. The van der Waals surface area contributed by atoms with Gasteiger partial charge in [-0.1, -0.05) is 19.1 Å². The van der Waals surface area contributed by atoms with Crippen LogP contribution in [-0.2, 0) is 4.79 Å². The predicted octanol–water partition coefficient (Wildman–Crippen LogP) is 3.96. The summed E-state index contributed by atoms with van der Waals surface area (Å²) in [5.41, 5.74) is 0.952. The van der Waals surface area contributed by atoms with Crippen LogP contribution < -0.4 is 20.1 Å². The fraction of sp³-hybridized carbons (Fsp3) is 0.333. The van der Waals surface area contributed by atoms with Gasteiger partial charge in [-0.3, -0.25) is 9.59 Å². The molecule has 0 saturated heterocycles. The fourth-order valence-corrected chi connectivity index (χ4v) is 3.16. The quantitative estimate of drug-likeness (QED) is 0.621. The molecule has 2 aromatic rings. The first-order valence-electron chi connectivity index (χ1n) is 9.03. The minimum Gasteiger partial charge on any atom is -0.493 e. The average Bonchev–Trinajstić information content (AvgIpc) is 2.72. The maximum absolute atomic E-state index is 12.4. The van der Waals surface area contributed by atoms with Crippen molar-refractivity contribution in [1.82, 2.24) is 5.32 Å². The summed E-state index contributed by atoms with van der Waals surface area (Å²) in [5, 5.41) is 5.75. The molecule has 2 aromatic carbocycles. The second kappa shape index (κ2) is 10.6. The Morgan fingerprint density at radius 3 is 2.46 bits per heavy atom. The van der Waals surface area contributed by atoms with Crippen molar-refractivity contribution < 1.29 is 19.1 Å². The molecule has 0 unspecified atom stereocenters. The Morgan fingerprint density at radius 1 is 1.07 bits per heavy atom. The minimum atomic E-state index is -0.196. The number of methoxy groups -OCH3 is 2. The SMILES string of the molecule is CC[C@@H](C)NC(=O)c1ccccc1NC(=O)CSc1ccc(OC)c(OC)c1. The zero-order chi connectivity index (χ0) is 20.5. The van der Waals surface area contributed by atoms with Gasteiger partial charge in [-0.25, -0.2) is 0 Å². The number of thioether (sulfide) groups is 1. The van der Waals surface area contributed by atoms with E-state index in [0.717, 1.165) is 11.3 Å². The normalized spacial score (nSPS) is 11.4. The molecule has 2 rings (SSSR count). The van der Waals surface area contributed by atoms with Gasteiger partial charge in [0.2, 0.25) is 5.91 Å². The number of rotatable bonds is 9. The molecule has 1 atom stereocenters. The lowest BCUT2D eigenvalue weighted by molar-refractivity contribution is -0.113. The number of para-hydroxylation sites is 1. The first kappa shape index (κ1) is 21.6. The Bertz CT molecular complexity index is 826. The standard InChI is InChI=1S/C21H26N2O4S/c1-5-14(2)22-21(25)16-8-6-7-9-17(16)23-20(24)13-28-15-10-11-18(26-3)19(12-15)27-4/h6-12,14H,5,13H2,1-4H3,(H,22,25)(H,23,24)/t14-/m1/s1. The van der Waals surface area contributed by atoms with Crippen LogP contribution in [0.4, 0.5) is 5.69 Å². The van der Waals surface area contributed by atoms with Crippen molar-refractivity contribution in [2.24, 2.45) is 0 Å². The van der Waals surface area contributed by atoms with E-state index in [1.54, 1.807) is 44.6 Å². The van der Waals surface area contributed by atoms with E-state index in [9.17, 15) is 9.59 Å². The summed E-state index contributed by atoms with van der Waals surface area (Å²) in [4.78, 5) is 25.7. The van der Waals surface area contributed by atoms with Crippen molar-refractivity contribution in [2.75, 3.05) is 25.3 Å². The molecule has 0 aliphatic rings. The zero-order valence-corrected chi connectivity index (χ0v) is 17.4. The first-order chi connectivity index (χ1) is 13.5. The molecule has 7 heteroatoms. The van der Waals surface area contributed by atoms with Crippen LogP contribution in [0.15, 0.2) is 47.4 Å². The Kier molecular flexibility index (Phi) is 8.19. The molecule has 28 heavy (non-hydrogen) atoms. The van der Waals surface area contributed by atoms with Crippen molar-refractivity contribution >= 4 is 29.3 Å². The van der Waals surface area contributed by atoms with E-state index >= 15 is 0 Å². The van der Waals surface area contributed by atoms with Crippen LogP contribution in [0.5, 0.6) is 11.5 Å². The van der Waals surface area contributed by atoms with Gasteiger partial charge in [0, 0.05) is 10.9 Å². The maximum Gasteiger partial charge on any atom is 0.253 e. The molecule has 2 N–H and O–H groups in total. The third kappa shape index (κ3) is 5.92. The number of ether oxygens (including phenoxy) is 2. The highest BCUT2D eigenvalue weighted by Crippen LogP contribution is 2.31. The van der Waals surface area contributed by atoms with Crippen LogP contribution in [0.2, 0.25) is 0 Å². The lowest BCUT2D eigenvalue weighted by Crippen LogP contribution is -2.32. The third-order valence-corrected chi connectivity index (χ3v) is 5.15. The molecular weight excluding hydrogens is 376 g/mol. The summed E-state index contributed by atoms with van der Waals surface area (Å²) in [7, 11) is 3.15. The monoisotopic (exact) mass is 402 g/mol. The summed E-state index contributed by atoms with van der Waals surface area (Å²) in [5.74, 6) is 1.07. The van der Waals surface area contributed by atoms with Gasteiger partial charge >= 0.3 is 0 Å². The van der Waals surface area contributed by atoms with Crippen molar-refractivity contribution in [3.05, 3.63) is 48.0 Å². The highest BCUT2D eigenvalue weighted by Gasteiger charge is 2.15. The number of carbonyl (C=O) groups excluding carboxylic acids is 2. The van der Waals surface area contributed by atoms with Crippen molar-refractivity contribution in [3.8, 4) is 11.5 Å². The van der Waals surface area contributed by atoms with E-state index in [4.69, 9.17) is 9.47 Å². The van der Waals surface area contributed by atoms with Gasteiger partial charge in [-0.2, -0.15) is 0 Å². The lowest BCUT2D eigenvalue weighted by atomic mass is 10.1. The molecule has 0 heterocycles.